The lowest BCUT2D eigenvalue weighted by Crippen LogP contribution is -2.14. The molecule has 0 aliphatic heterocycles. The minimum Gasteiger partial charge on any atom is -0.305 e. The van der Waals surface area contributed by atoms with E-state index in [0.29, 0.717) is 18.4 Å². The highest BCUT2D eigenvalue weighted by Crippen LogP contribution is 2.47. The number of hydrogen-bond donors (Lipinski definition) is 1. The SMILES string of the molecule is Cc1ccccc1C(=O)Nc1cnc(-c2c(C(F)(F)F)sc3c2CCCC3)cn1. The minimum atomic E-state index is -4.43. The lowest BCUT2D eigenvalue weighted by atomic mass is 9.93. The van der Waals surface area contributed by atoms with E-state index in [-0.39, 0.29) is 23.0 Å². The number of aromatic nitrogens is 2. The van der Waals surface area contributed by atoms with Crippen molar-refractivity contribution in [2.75, 3.05) is 5.32 Å². The number of benzene rings is 1. The Morgan fingerprint density at radius 1 is 1.10 bits per heavy atom. The quantitative estimate of drug-likeness (QED) is 0.598. The summed E-state index contributed by atoms with van der Waals surface area (Å²) in [5, 5.41) is 2.65. The molecule has 3 aromatic rings. The Labute approximate surface area is 169 Å². The van der Waals surface area contributed by atoms with Crippen LogP contribution in [0, 0.1) is 6.92 Å². The molecule has 4 rings (SSSR count). The lowest BCUT2D eigenvalue weighted by molar-refractivity contribution is -0.133. The van der Waals surface area contributed by atoms with Crippen molar-refractivity contribution in [3.8, 4) is 11.3 Å². The molecule has 0 radical (unpaired) electrons. The van der Waals surface area contributed by atoms with Gasteiger partial charge in [-0.3, -0.25) is 9.78 Å². The zero-order valence-corrected chi connectivity index (χ0v) is 16.5. The Morgan fingerprint density at radius 2 is 1.86 bits per heavy atom. The molecule has 1 aliphatic rings. The van der Waals surface area contributed by atoms with E-state index < -0.39 is 11.1 Å². The molecule has 0 atom stereocenters. The number of anilines is 1. The van der Waals surface area contributed by atoms with E-state index in [1.807, 2.05) is 19.1 Å². The molecule has 8 heteroatoms. The van der Waals surface area contributed by atoms with E-state index in [4.69, 9.17) is 0 Å². The topological polar surface area (TPSA) is 54.9 Å². The monoisotopic (exact) mass is 417 g/mol. The van der Waals surface area contributed by atoms with Gasteiger partial charge in [-0.25, -0.2) is 4.98 Å². The van der Waals surface area contributed by atoms with Crippen molar-refractivity contribution in [1.82, 2.24) is 9.97 Å². The third-order valence-electron chi connectivity index (χ3n) is 4.97. The van der Waals surface area contributed by atoms with Gasteiger partial charge in [-0.2, -0.15) is 13.2 Å². The number of halogens is 3. The van der Waals surface area contributed by atoms with E-state index >= 15 is 0 Å². The summed E-state index contributed by atoms with van der Waals surface area (Å²) in [5.74, 6) is -0.145. The second-order valence-electron chi connectivity index (χ2n) is 6.97. The molecule has 1 N–H and O–H groups in total. The summed E-state index contributed by atoms with van der Waals surface area (Å²) < 4.78 is 40.8. The van der Waals surface area contributed by atoms with Crippen molar-refractivity contribution in [3.63, 3.8) is 0 Å². The average molecular weight is 417 g/mol. The van der Waals surface area contributed by atoms with E-state index in [2.05, 4.69) is 15.3 Å². The van der Waals surface area contributed by atoms with Crippen molar-refractivity contribution in [3.05, 3.63) is 63.1 Å². The number of rotatable bonds is 3. The van der Waals surface area contributed by atoms with Crippen LogP contribution in [0.4, 0.5) is 19.0 Å². The van der Waals surface area contributed by atoms with Gasteiger partial charge < -0.3 is 5.32 Å². The summed E-state index contributed by atoms with van der Waals surface area (Å²) >= 11 is 0.815. The predicted molar refractivity (Wildman–Crippen MR) is 106 cm³/mol. The van der Waals surface area contributed by atoms with Gasteiger partial charge in [0, 0.05) is 16.0 Å². The van der Waals surface area contributed by atoms with Gasteiger partial charge in [0.25, 0.3) is 5.91 Å². The Hall–Kier alpha value is -2.74. The number of fused-ring (bicyclic) bond motifs is 1. The van der Waals surface area contributed by atoms with Crippen LogP contribution in [0.1, 0.15) is 44.1 Å². The molecule has 150 valence electrons. The van der Waals surface area contributed by atoms with E-state index in [9.17, 15) is 18.0 Å². The molecule has 1 aliphatic carbocycles. The number of alkyl halides is 3. The highest BCUT2D eigenvalue weighted by molar-refractivity contribution is 7.12. The largest absolute Gasteiger partial charge is 0.426 e. The molecular weight excluding hydrogens is 399 g/mol. The molecule has 0 saturated heterocycles. The second kappa shape index (κ2) is 7.59. The van der Waals surface area contributed by atoms with Crippen LogP contribution >= 0.6 is 11.3 Å². The molecule has 2 aromatic heterocycles. The summed E-state index contributed by atoms with van der Waals surface area (Å²) in [6.07, 6.45) is 1.23. The van der Waals surface area contributed by atoms with Gasteiger partial charge in [0.2, 0.25) is 0 Å². The maximum atomic E-state index is 13.6. The molecular formula is C21H18F3N3OS. The van der Waals surface area contributed by atoms with E-state index in [1.165, 1.54) is 12.4 Å². The van der Waals surface area contributed by atoms with Gasteiger partial charge in [0.05, 0.1) is 18.1 Å². The predicted octanol–water partition coefficient (Wildman–Crippen LogP) is 5.66. The van der Waals surface area contributed by atoms with Gasteiger partial charge in [-0.15, -0.1) is 11.3 Å². The second-order valence-corrected chi connectivity index (χ2v) is 8.07. The van der Waals surface area contributed by atoms with Crippen molar-refractivity contribution < 1.29 is 18.0 Å². The number of carbonyl (C=O) groups is 1. The summed E-state index contributed by atoms with van der Waals surface area (Å²) in [5.41, 5.74) is 2.38. The van der Waals surface area contributed by atoms with Crippen LogP contribution in [0.5, 0.6) is 0 Å². The first kappa shape index (κ1) is 19.6. The fourth-order valence-electron chi connectivity index (χ4n) is 3.57. The van der Waals surface area contributed by atoms with Crippen LogP contribution in [0.3, 0.4) is 0 Å². The van der Waals surface area contributed by atoms with E-state index in [1.54, 1.807) is 12.1 Å². The molecule has 0 unspecified atom stereocenters. The Balaban J connectivity index is 1.64. The summed E-state index contributed by atoms with van der Waals surface area (Å²) in [6.45, 7) is 1.82. The highest BCUT2D eigenvalue weighted by atomic mass is 32.1. The van der Waals surface area contributed by atoms with Crippen molar-refractivity contribution in [1.29, 1.82) is 0 Å². The average Bonchev–Trinajstić information content (AvgIpc) is 3.09. The van der Waals surface area contributed by atoms with Crippen LogP contribution in [0.2, 0.25) is 0 Å². The third kappa shape index (κ3) is 3.89. The number of amides is 1. The summed E-state index contributed by atoms with van der Waals surface area (Å²) in [4.78, 5) is 20.9. The molecule has 1 amide bonds. The summed E-state index contributed by atoms with van der Waals surface area (Å²) in [6, 6.07) is 7.11. The molecule has 29 heavy (non-hydrogen) atoms. The highest BCUT2D eigenvalue weighted by Gasteiger charge is 2.39. The number of thiophene rings is 1. The normalized spacial score (nSPS) is 13.8. The Bertz CT molecular complexity index is 1060. The van der Waals surface area contributed by atoms with E-state index in [0.717, 1.165) is 40.2 Å². The van der Waals surface area contributed by atoms with Crippen molar-refractivity contribution >= 4 is 23.1 Å². The first-order valence-electron chi connectivity index (χ1n) is 9.25. The van der Waals surface area contributed by atoms with Crippen LogP contribution in [0.15, 0.2) is 36.7 Å². The van der Waals surface area contributed by atoms with Gasteiger partial charge in [0.1, 0.15) is 4.88 Å². The number of carbonyl (C=O) groups excluding carboxylic acids is 1. The molecule has 4 nitrogen and oxygen atoms in total. The van der Waals surface area contributed by atoms with Crippen LogP contribution in [-0.4, -0.2) is 15.9 Å². The van der Waals surface area contributed by atoms with Gasteiger partial charge in [-0.05, 0) is 49.8 Å². The Kier molecular flexibility index (Phi) is 5.12. The van der Waals surface area contributed by atoms with Crippen molar-refractivity contribution in [2.45, 2.75) is 38.8 Å². The van der Waals surface area contributed by atoms with Crippen LogP contribution in [0.25, 0.3) is 11.3 Å². The maximum absolute atomic E-state index is 13.6. The zero-order chi connectivity index (χ0) is 20.6. The van der Waals surface area contributed by atoms with Gasteiger partial charge in [-0.1, -0.05) is 18.2 Å². The number of aryl methyl sites for hydroxylation is 2. The first-order valence-corrected chi connectivity index (χ1v) is 10.1. The fraction of sp³-hybridized carbons (Fsp3) is 0.286. The molecule has 1 aromatic carbocycles. The zero-order valence-electron chi connectivity index (χ0n) is 15.6. The molecule has 0 fully saturated rings. The third-order valence-corrected chi connectivity index (χ3v) is 6.30. The molecule has 0 saturated carbocycles. The van der Waals surface area contributed by atoms with Crippen LogP contribution < -0.4 is 5.32 Å². The van der Waals surface area contributed by atoms with Gasteiger partial charge in [0.15, 0.2) is 5.82 Å². The number of hydrogen-bond acceptors (Lipinski definition) is 4. The summed E-state index contributed by atoms with van der Waals surface area (Å²) in [7, 11) is 0. The minimum absolute atomic E-state index is 0.140. The Morgan fingerprint density at radius 3 is 2.55 bits per heavy atom. The standard InChI is InChI=1S/C21H18F3N3OS/c1-12-6-2-3-7-13(12)20(28)27-17-11-25-15(10-26-17)18-14-8-4-5-9-16(14)29-19(18)21(22,23)24/h2-3,6-7,10-11H,4-5,8-9H2,1H3,(H,26,27,28). The molecule has 0 bridgehead atoms. The maximum Gasteiger partial charge on any atom is 0.426 e. The first-order chi connectivity index (χ1) is 13.8. The molecule has 2 heterocycles. The lowest BCUT2D eigenvalue weighted by Gasteiger charge is -2.13. The number of nitrogens with zero attached hydrogens (tertiary/aromatic N) is 2. The van der Waals surface area contributed by atoms with Crippen molar-refractivity contribution in [2.24, 2.45) is 0 Å². The van der Waals surface area contributed by atoms with Gasteiger partial charge >= 0.3 is 6.18 Å². The molecule has 0 spiro atoms. The smallest absolute Gasteiger partial charge is 0.305 e. The fourth-order valence-corrected chi connectivity index (χ4v) is 4.84. The van der Waals surface area contributed by atoms with Crippen LogP contribution in [-0.2, 0) is 19.0 Å². The number of nitrogens with one attached hydrogen (secondary N) is 1.